The highest BCUT2D eigenvalue weighted by molar-refractivity contribution is 5.85. The molecule has 2 heterocycles. The van der Waals surface area contributed by atoms with Crippen molar-refractivity contribution in [3.05, 3.63) is 0 Å². The van der Waals surface area contributed by atoms with E-state index >= 15 is 0 Å². The number of ether oxygens (including phenoxy) is 1. The molecule has 0 aromatic heterocycles. The first-order chi connectivity index (χ1) is 7.79. The van der Waals surface area contributed by atoms with E-state index in [1.807, 2.05) is 7.11 Å². The first kappa shape index (κ1) is 15.2. The van der Waals surface area contributed by atoms with Gasteiger partial charge in [0.25, 0.3) is 0 Å². The van der Waals surface area contributed by atoms with Gasteiger partial charge in [0.2, 0.25) is 0 Å². The molecule has 2 rings (SSSR count). The summed E-state index contributed by atoms with van der Waals surface area (Å²) in [6.07, 6.45) is 4.45. The molecule has 17 heavy (non-hydrogen) atoms. The number of methoxy groups -OCH3 is 1. The Kier molecular flexibility index (Phi) is 6.78. The third-order valence-corrected chi connectivity index (χ3v) is 4.25. The van der Waals surface area contributed by atoms with Crippen LogP contribution in [0.1, 0.15) is 26.2 Å². The average molecular weight is 263 g/mol. The van der Waals surface area contributed by atoms with Gasteiger partial charge < -0.3 is 15.0 Å². The SMILES string of the molecule is COC1CN(CC2CCNCC2)CCC1C.Cl. The summed E-state index contributed by atoms with van der Waals surface area (Å²) in [5, 5.41) is 3.44. The van der Waals surface area contributed by atoms with Gasteiger partial charge in [0.15, 0.2) is 0 Å². The topological polar surface area (TPSA) is 24.5 Å². The second-order valence-electron chi connectivity index (χ2n) is 5.49. The third kappa shape index (κ3) is 4.40. The Morgan fingerprint density at radius 1 is 1.24 bits per heavy atom. The van der Waals surface area contributed by atoms with E-state index in [2.05, 4.69) is 17.1 Å². The monoisotopic (exact) mass is 262 g/mol. The Labute approximate surface area is 112 Å². The first-order valence-electron chi connectivity index (χ1n) is 6.75. The van der Waals surface area contributed by atoms with Crippen LogP contribution in [-0.2, 0) is 4.74 Å². The highest BCUT2D eigenvalue weighted by atomic mass is 35.5. The Morgan fingerprint density at radius 2 is 1.94 bits per heavy atom. The van der Waals surface area contributed by atoms with Gasteiger partial charge in [-0.1, -0.05) is 6.92 Å². The number of hydrogen-bond acceptors (Lipinski definition) is 3. The van der Waals surface area contributed by atoms with Crippen molar-refractivity contribution < 1.29 is 4.74 Å². The number of nitrogens with zero attached hydrogens (tertiary/aromatic N) is 1. The predicted molar refractivity (Wildman–Crippen MR) is 73.9 cm³/mol. The van der Waals surface area contributed by atoms with Gasteiger partial charge in [-0.3, -0.25) is 0 Å². The van der Waals surface area contributed by atoms with Crippen LogP contribution < -0.4 is 5.32 Å². The van der Waals surface area contributed by atoms with E-state index in [0.717, 1.165) is 18.4 Å². The molecule has 0 radical (unpaired) electrons. The minimum absolute atomic E-state index is 0. The maximum absolute atomic E-state index is 5.57. The van der Waals surface area contributed by atoms with E-state index < -0.39 is 0 Å². The normalized spacial score (nSPS) is 32.1. The van der Waals surface area contributed by atoms with Crippen molar-refractivity contribution in [1.82, 2.24) is 10.2 Å². The Morgan fingerprint density at radius 3 is 2.59 bits per heavy atom. The van der Waals surface area contributed by atoms with Gasteiger partial charge in [0.1, 0.15) is 0 Å². The van der Waals surface area contributed by atoms with E-state index in [9.17, 15) is 0 Å². The largest absolute Gasteiger partial charge is 0.380 e. The van der Waals surface area contributed by atoms with Crippen molar-refractivity contribution in [2.45, 2.75) is 32.3 Å². The lowest BCUT2D eigenvalue weighted by Gasteiger charge is -2.38. The third-order valence-electron chi connectivity index (χ3n) is 4.25. The molecular formula is C13H27ClN2O. The summed E-state index contributed by atoms with van der Waals surface area (Å²) < 4.78 is 5.57. The molecule has 2 atom stereocenters. The van der Waals surface area contributed by atoms with Crippen LogP contribution >= 0.6 is 12.4 Å². The molecule has 102 valence electrons. The van der Waals surface area contributed by atoms with Crippen LogP contribution in [0.4, 0.5) is 0 Å². The highest BCUT2D eigenvalue weighted by Gasteiger charge is 2.27. The highest BCUT2D eigenvalue weighted by Crippen LogP contribution is 2.22. The van der Waals surface area contributed by atoms with Crippen molar-refractivity contribution in [3.63, 3.8) is 0 Å². The van der Waals surface area contributed by atoms with E-state index in [1.54, 1.807) is 0 Å². The molecule has 0 bridgehead atoms. The second kappa shape index (κ2) is 7.57. The zero-order valence-corrected chi connectivity index (χ0v) is 12.0. The minimum Gasteiger partial charge on any atom is -0.380 e. The summed E-state index contributed by atoms with van der Waals surface area (Å²) in [7, 11) is 1.86. The molecular weight excluding hydrogens is 236 g/mol. The molecule has 2 aliphatic heterocycles. The maximum atomic E-state index is 5.57. The number of rotatable bonds is 3. The van der Waals surface area contributed by atoms with Gasteiger partial charge in [-0.15, -0.1) is 12.4 Å². The fraction of sp³-hybridized carbons (Fsp3) is 1.00. The zero-order valence-electron chi connectivity index (χ0n) is 11.2. The van der Waals surface area contributed by atoms with Gasteiger partial charge in [-0.25, -0.2) is 0 Å². The second-order valence-corrected chi connectivity index (χ2v) is 5.49. The van der Waals surface area contributed by atoms with Crippen molar-refractivity contribution in [3.8, 4) is 0 Å². The maximum Gasteiger partial charge on any atom is 0.0724 e. The molecule has 0 saturated carbocycles. The first-order valence-corrected chi connectivity index (χ1v) is 6.75. The van der Waals surface area contributed by atoms with Crippen LogP contribution in [-0.4, -0.2) is 50.8 Å². The van der Waals surface area contributed by atoms with Crippen molar-refractivity contribution in [1.29, 1.82) is 0 Å². The standard InChI is InChI=1S/C13H26N2O.ClH/c1-11-5-8-15(10-13(11)16-2)9-12-3-6-14-7-4-12;/h11-14H,3-10H2,1-2H3;1H. The average Bonchev–Trinajstić information content (AvgIpc) is 2.33. The fourth-order valence-corrected chi connectivity index (χ4v) is 3.00. The van der Waals surface area contributed by atoms with Crippen LogP contribution in [0, 0.1) is 11.8 Å². The lowest BCUT2D eigenvalue weighted by molar-refractivity contribution is -0.0105. The van der Waals surface area contributed by atoms with Crippen molar-refractivity contribution >= 4 is 12.4 Å². The van der Waals surface area contributed by atoms with E-state index in [4.69, 9.17) is 4.74 Å². The van der Waals surface area contributed by atoms with E-state index in [0.29, 0.717) is 6.10 Å². The number of piperidine rings is 2. The number of hydrogen-bond donors (Lipinski definition) is 1. The summed E-state index contributed by atoms with van der Waals surface area (Å²) in [5.74, 6) is 1.64. The Bertz CT molecular complexity index is 210. The molecule has 1 N–H and O–H groups in total. The summed E-state index contributed by atoms with van der Waals surface area (Å²) in [6, 6.07) is 0. The molecule has 0 amide bonds. The van der Waals surface area contributed by atoms with E-state index in [-0.39, 0.29) is 12.4 Å². The van der Waals surface area contributed by atoms with Crippen LogP contribution in [0.15, 0.2) is 0 Å². The van der Waals surface area contributed by atoms with Crippen LogP contribution in [0.5, 0.6) is 0 Å². The summed E-state index contributed by atoms with van der Waals surface area (Å²) >= 11 is 0. The predicted octanol–water partition coefficient (Wildman–Crippen LogP) is 1.76. The minimum atomic E-state index is 0. The number of nitrogens with one attached hydrogen (secondary N) is 1. The molecule has 2 aliphatic rings. The Balaban J connectivity index is 0.00000144. The quantitative estimate of drug-likeness (QED) is 0.839. The summed E-state index contributed by atoms with van der Waals surface area (Å²) in [6.45, 7) is 8.43. The van der Waals surface area contributed by atoms with Crippen molar-refractivity contribution in [2.75, 3.05) is 39.8 Å². The summed E-state index contributed by atoms with van der Waals surface area (Å²) in [4.78, 5) is 2.62. The molecule has 4 heteroatoms. The Hall–Kier alpha value is 0.170. The fourth-order valence-electron chi connectivity index (χ4n) is 3.00. The van der Waals surface area contributed by atoms with Gasteiger partial charge in [0.05, 0.1) is 6.10 Å². The lowest BCUT2D eigenvalue weighted by atomic mass is 9.92. The van der Waals surface area contributed by atoms with Gasteiger partial charge in [-0.2, -0.15) is 0 Å². The van der Waals surface area contributed by atoms with Crippen LogP contribution in [0.25, 0.3) is 0 Å². The molecule has 0 spiro atoms. The molecule has 2 fully saturated rings. The van der Waals surface area contributed by atoms with Crippen LogP contribution in [0.2, 0.25) is 0 Å². The van der Waals surface area contributed by atoms with Gasteiger partial charge >= 0.3 is 0 Å². The summed E-state index contributed by atoms with van der Waals surface area (Å²) in [5.41, 5.74) is 0. The number of likely N-dealkylation sites (tertiary alicyclic amines) is 1. The van der Waals surface area contributed by atoms with Crippen molar-refractivity contribution in [2.24, 2.45) is 11.8 Å². The molecule has 2 unspecified atom stereocenters. The molecule has 0 aliphatic carbocycles. The lowest BCUT2D eigenvalue weighted by Crippen LogP contribution is -2.46. The van der Waals surface area contributed by atoms with E-state index in [1.165, 1.54) is 45.4 Å². The molecule has 0 aromatic carbocycles. The van der Waals surface area contributed by atoms with Crippen LogP contribution in [0.3, 0.4) is 0 Å². The molecule has 3 nitrogen and oxygen atoms in total. The molecule has 0 aromatic rings. The smallest absolute Gasteiger partial charge is 0.0724 e. The van der Waals surface area contributed by atoms with Gasteiger partial charge in [-0.05, 0) is 50.7 Å². The zero-order chi connectivity index (χ0) is 11.4. The van der Waals surface area contributed by atoms with Gasteiger partial charge in [0, 0.05) is 20.2 Å². The number of halogens is 1. The molecule has 2 saturated heterocycles.